The van der Waals surface area contributed by atoms with Crippen LogP contribution in [0.15, 0.2) is 18.6 Å². The Morgan fingerprint density at radius 1 is 1.20 bits per heavy atom. The molecule has 3 rings (SSSR count). The molecule has 1 N–H and O–H groups in total. The average molecular weight is 311 g/mol. The number of aromatic nitrogens is 2. The zero-order chi connectivity index (χ0) is 13.8. The summed E-state index contributed by atoms with van der Waals surface area (Å²) in [6.45, 7) is 1.81. The second-order valence-corrected chi connectivity index (χ2v) is 7.79. The lowest BCUT2D eigenvalue weighted by Gasteiger charge is -2.25. The van der Waals surface area contributed by atoms with Gasteiger partial charge in [0, 0.05) is 66.7 Å². The van der Waals surface area contributed by atoms with Crippen molar-refractivity contribution in [3.05, 3.63) is 24.3 Å². The molecule has 0 spiro atoms. The number of aliphatic hydroxyl groups is 1. The summed E-state index contributed by atoms with van der Waals surface area (Å²) in [6, 6.07) is 0.619. The van der Waals surface area contributed by atoms with Gasteiger partial charge in [-0.3, -0.25) is 14.9 Å². The maximum atomic E-state index is 10.3. The molecule has 0 bridgehead atoms. The summed E-state index contributed by atoms with van der Waals surface area (Å²) in [5.74, 6) is 5.24. The average Bonchev–Trinajstić information content (AvgIpc) is 2.70. The molecular formula is C14H21N3OS2. The fraction of sp³-hybridized carbons (Fsp3) is 0.714. The van der Waals surface area contributed by atoms with Gasteiger partial charge in [0.05, 0.1) is 11.8 Å². The molecule has 0 unspecified atom stereocenters. The van der Waals surface area contributed by atoms with Crippen LogP contribution in [0.25, 0.3) is 0 Å². The normalized spacial score (nSPS) is 29.4. The van der Waals surface area contributed by atoms with E-state index in [1.807, 2.05) is 6.20 Å². The first-order valence-electron chi connectivity index (χ1n) is 7.15. The molecule has 20 heavy (non-hydrogen) atoms. The smallest absolute Gasteiger partial charge is 0.0711 e. The SMILES string of the molecule is O[C@@H]1CN(C2CSCCSC2)C[C@H]1Cc1cnccn1. The minimum Gasteiger partial charge on any atom is -0.391 e. The summed E-state index contributed by atoms with van der Waals surface area (Å²) in [5, 5.41) is 10.3. The van der Waals surface area contributed by atoms with Crippen molar-refractivity contribution in [1.82, 2.24) is 14.9 Å². The van der Waals surface area contributed by atoms with Crippen molar-refractivity contribution < 1.29 is 5.11 Å². The van der Waals surface area contributed by atoms with Gasteiger partial charge in [0.2, 0.25) is 0 Å². The lowest BCUT2D eigenvalue weighted by atomic mass is 10.0. The van der Waals surface area contributed by atoms with Gasteiger partial charge in [0.25, 0.3) is 0 Å². The van der Waals surface area contributed by atoms with Gasteiger partial charge in [-0.25, -0.2) is 0 Å². The van der Waals surface area contributed by atoms with Crippen LogP contribution in [0.2, 0.25) is 0 Å². The fourth-order valence-corrected chi connectivity index (χ4v) is 5.53. The van der Waals surface area contributed by atoms with Crippen molar-refractivity contribution in [2.24, 2.45) is 5.92 Å². The van der Waals surface area contributed by atoms with Gasteiger partial charge in [0.1, 0.15) is 0 Å². The predicted molar refractivity (Wildman–Crippen MR) is 85.2 cm³/mol. The van der Waals surface area contributed by atoms with Crippen LogP contribution in [0, 0.1) is 5.92 Å². The minimum atomic E-state index is -0.227. The fourth-order valence-electron chi connectivity index (χ4n) is 2.91. The molecule has 0 radical (unpaired) electrons. The van der Waals surface area contributed by atoms with E-state index in [0.717, 1.165) is 25.2 Å². The van der Waals surface area contributed by atoms with Crippen molar-refractivity contribution in [2.45, 2.75) is 18.6 Å². The Labute approximate surface area is 128 Å². The third-order valence-corrected chi connectivity index (χ3v) is 6.52. The Bertz CT molecular complexity index is 412. The second-order valence-electron chi connectivity index (χ2n) is 5.49. The van der Waals surface area contributed by atoms with E-state index in [4.69, 9.17) is 0 Å². The van der Waals surface area contributed by atoms with Gasteiger partial charge in [-0.1, -0.05) is 0 Å². The number of thioether (sulfide) groups is 2. The molecule has 110 valence electrons. The molecule has 4 nitrogen and oxygen atoms in total. The predicted octanol–water partition coefficient (Wildman–Crippen LogP) is 1.16. The second kappa shape index (κ2) is 7.11. The Balaban J connectivity index is 1.58. The first-order valence-corrected chi connectivity index (χ1v) is 9.46. The van der Waals surface area contributed by atoms with Crippen molar-refractivity contribution in [3.8, 4) is 0 Å². The number of likely N-dealkylation sites (tertiary alicyclic amines) is 1. The van der Waals surface area contributed by atoms with E-state index < -0.39 is 0 Å². The molecule has 0 aliphatic carbocycles. The van der Waals surface area contributed by atoms with Crippen LogP contribution >= 0.6 is 23.5 Å². The number of hydrogen-bond donors (Lipinski definition) is 1. The van der Waals surface area contributed by atoms with E-state index in [2.05, 4.69) is 38.4 Å². The highest BCUT2D eigenvalue weighted by Gasteiger charge is 2.35. The molecule has 1 aromatic rings. The molecule has 0 saturated carbocycles. The van der Waals surface area contributed by atoms with Crippen molar-refractivity contribution in [2.75, 3.05) is 36.1 Å². The largest absolute Gasteiger partial charge is 0.391 e. The number of hydrogen-bond acceptors (Lipinski definition) is 6. The topological polar surface area (TPSA) is 49.2 Å². The molecule has 2 fully saturated rings. The zero-order valence-electron chi connectivity index (χ0n) is 11.5. The zero-order valence-corrected chi connectivity index (χ0v) is 13.2. The van der Waals surface area contributed by atoms with E-state index in [0.29, 0.717) is 12.0 Å². The quantitative estimate of drug-likeness (QED) is 0.904. The van der Waals surface area contributed by atoms with Crippen molar-refractivity contribution in [3.63, 3.8) is 0 Å². The highest BCUT2D eigenvalue weighted by Crippen LogP contribution is 2.27. The van der Waals surface area contributed by atoms with E-state index >= 15 is 0 Å². The van der Waals surface area contributed by atoms with E-state index in [1.165, 1.54) is 23.0 Å². The van der Waals surface area contributed by atoms with Gasteiger partial charge in [-0.05, 0) is 6.42 Å². The molecule has 0 amide bonds. The molecular weight excluding hydrogens is 290 g/mol. The Morgan fingerprint density at radius 3 is 2.70 bits per heavy atom. The molecule has 2 saturated heterocycles. The van der Waals surface area contributed by atoms with Gasteiger partial charge in [0.15, 0.2) is 0 Å². The molecule has 6 heteroatoms. The van der Waals surface area contributed by atoms with Gasteiger partial charge < -0.3 is 5.11 Å². The molecule has 2 atom stereocenters. The van der Waals surface area contributed by atoms with E-state index in [9.17, 15) is 5.11 Å². The maximum absolute atomic E-state index is 10.3. The van der Waals surface area contributed by atoms with Crippen molar-refractivity contribution in [1.29, 1.82) is 0 Å². The standard InChI is InChI=1S/C14H21N3OS2/c18-14-8-17(13-9-19-3-4-20-10-13)7-11(14)5-12-6-15-1-2-16-12/h1-2,6,11,13-14,18H,3-5,7-10H2/t11-,14-/m1/s1. The van der Waals surface area contributed by atoms with Crippen molar-refractivity contribution >= 4 is 23.5 Å². The summed E-state index contributed by atoms with van der Waals surface area (Å²) in [7, 11) is 0. The monoisotopic (exact) mass is 311 g/mol. The van der Waals surface area contributed by atoms with Gasteiger partial charge in [-0.2, -0.15) is 23.5 Å². The Kier molecular flexibility index (Phi) is 5.20. The van der Waals surface area contributed by atoms with Gasteiger partial charge >= 0.3 is 0 Å². The van der Waals surface area contributed by atoms with E-state index in [-0.39, 0.29) is 6.10 Å². The molecule has 0 aromatic carbocycles. The summed E-state index contributed by atoms with van der Waals surface area (Å²) < 4.78 is 0. The number of nitrogens with zero attached hydrogens (tertiary/aromatic N) is 3. The summed E-state index contributed by atoms with van der Waals surface area (Å²) in [5.41, 5.74) is 0.989. The minimum absolute atomic E-state index is 0.227. The summed E-state index contributed by atoms with van der Waals surface area (Å²) in [4.78, 5) is 10.9. The summed E-state index contributed by atoms with van der Waals surface area (Å²) in [6.07, 6.45) is 5.84. The van der Waals surface area contributed by atoms with Crippen LogP contribution in [0.3, 0.4) is 0 Å². The van der Waals surface area contributed by atoms with Crippen LogP contribution in [0.1, 0.15) is 5.69 Å². The molecule has 3 heterocycles. The Morgan fingerprint density at radius 2 is 2.00 bits per heavy atom. The first-order chi connectivity index (χ1) is 9.83. The molecule has 2 aliphatic heterocycles. The number of aliphatic hydroxyl groups excluding tert-OH is 1. The van der Waals surface area contributed by atoms with Crippen LogP contribution in [-0.4, -0.2) is 68.2 Å². The first kappa shape index (κ1) is 14.6. The highest BCUT2D eigenvalue weighted by atomic mass is 32.2. The highest BCUT2D eigenvalue weighted by molar-refractivity contribution is 8.03. The molecule has 2 aliphatic rings. The van der Waals surface area contributed by atoms with Crippen LogP contribution < -0.4 is 0 Å². The maximum Gasteiger partial charge on any atom is 0.0711 e. The van der Waals surface area contributed by atoms with Crippen LogP contribution in [-0.2, 0) is 6.42 Å². The Hall–Kier alpha value is -0.300. The number of rotatable bonds is 3. The molecule has 1 aromatic heterocycles. The third-order valence-electron chi connectivity index (χ3n) is 4.03. The lowest BCUT2D eigenvalue weighted by molar-refractivity contribution is 0.138. The van der Waals surface area contributed by atoms with Crippen LogP contribution in [0.4, 0.5) is 0 Å². The van der Waals surface area contributed by atoms with Gasteiger partial charge in [-0.15, -0.1) is 0 Å². The number of β-amino-alcohol motifs (C(OH)–C–C–N with tert-alkyl or cyclic N) is 1. The lowest BCUT2D eigenvalue weighted by Crippen LogP contribution is -2.37. The third kappa shape index (κ3) is 3.67. The van der Waals surface area contributed by atoms with E-state index in [1.54, 1.807) is 12.4 Å². The summed E-state index contributed by atoms with van der Waals surface area (Å²) >= 11 is 4.10. The van der Waals surface area contributed by atoms with Crippen LogP contribution in [0.5, 0.6) is 0 Å².